The van der Waals surface area contributed by atoms with Gasteiger partial charge >= 0.3 is 0 Å². The smallest absolute Gasteiger partial charge is 0.0441 e. The van der Waals surface area contributed by atoms with Gasteiger partial charge in [-0.1, -0.05) is 79.7 Å². The zero-order valence-electron chi connectivity index (χ0n) is 13.6. The van der Waals surface area contributed by atoms with E-state index >= 15 is 0 Å². The zero-order chi connectivity index (χ0) is 15.5. The molecule has 0 bridgehead atoms. The van der Waals surface area contributed by atoms with Crippen molar-refractivity contribution in [2.24, 2.45) is 5.92 Å². The number of benzene rings is 2. The van der Waals surface area contributed by atoms with Crippen LogP contribution < -0.4 is 0 Å². The molecule has 1 saturated carbocycles. The lowest BCUT2D eigenvalue weighted by Crippen LogP contribution is -2.15. The summed E-state index contributed by atoms with van der Waals surface area (Å²) < 4.78 is 0. The van der Waals surface area contributed by atoms with Crippen molar-refractivity contribution in [3.05, 3.63) is 69.7 Å². The van der Waals surface area contributed by atoms with Crippen LogP contribution in [0.15, 0.2) is 42.5 Å². The van der Waals surface area contributed by atoms with Gasteiger partial charge in [-0.2, -0.15) is 0 Å². The monoisotopic (exact) mass is 312 g/mol. The first-order valence-corrected chi connectivity index (χ1v) is 8.85. The van der Waals surface area contributed by atoms with Crippen molar-refractivity contribution >= 4 is 11.6 Å². The van der Waals surface area contributed by atoms with Crippen LogP contribution in [0.1, 0.15) is 60.8 Å². The van der Waals surface area contributed by atoms with Gasteiger partial charge in [-0.15, -0.1) is 0 Å². The van der Waals surface area contributed by atoms with Crippen molar-refractivity contribution in [1.29, 1.82) is 0 Å². The highest BCUT2D eigenvalue weighted by atomic mass is 35.5. The highest BCUT2D eigenvalue weighted by Gasteiger charge is 2.23. The lowest BCUT2D eigenvalue weighted by Gasteiger charge is -2.29. The van der Waals surface area contributed by atoms with Crippen molar-refractivity contribution in [2.75, 3.05) is 0 Å². The van der Waals surface area contributed by atoms with E-state index in [1.165, 1.54) is 47.9 Å². The van der Waals surface area contributed by atoms with Gasteiger partial charge in [0.2, 0.25) is 0 Å². The van der Waals surface area contributed by atoms with Crippen molar-refractivity contribution in [1.82, 2.24) is 0 Å². The van der Waals surface area contributed by atoms with Gasteiger partial charge in [0, 0.05) is 5.02 Å². The molecule has 0 amide bonds. The van der Waals surface area contributed by atoms with Crippen molar-refractivity contribution in [3.8, 4) is 0 Å². The van der Waals surface area contributed by atoms with Gasteiger partial charge in [0.25, 0.3) is 0 Å². The molecule has 116 valence electrons. The third-order valence-electron chi connectivity index (χ3n) is 5.12. The Morgan fingerprint density at radius 1 is 1.00 bits per heavy atom. The molecule has 2 atom stereocenters. The first kappa shape index (κ1) is 15.6. The van der Waals surface area contributed by atoms with E-state index < -0.39 is 0 Å². The number of rotatable bonds is 3. The first-order chi connectivity index (χ1) is 10.6. The summed E-state index contributed by atoms with van der Waals surface area (Å²) in [6.45, 7) is 4.53. The van der Waals surface area contributed by atoms with E-state index in [1.54, 1.807) is 0 Å². The zero-order valence-corrected chi connectivity index (χ0v) is 14.4. The van der Waals surface area contributed by atoms with Crippen molar-refractivity contribution in [2.45, 2.75) is 51.9 Å². The SMILES string of the molecule is Cc1ccc(Cc2cc(C3CCCCC3C)ccc2Cl)cc1. The van der Waals surface area contributed by atoms with Gasteiger partial charge in [0.05, 0.1) is 0 Å². The van der Waals surface area contributed by atoms with E-state index in [0.717, 1.165) is 17.4 Å². The minimum atomic E-state index is 0.711. The van der Waals surface area contributed by atoms with E-state index in [-0.39, 0.29) is 0 Å². The van der Waals surface area contributed by atoms with Gasteiger partial charge in [0.15, 0.2) is 0 Å². The molecule has 1 aliphatic rings. The number of halogens is 1. The number of hydrogen-bond acceptors (Lipinski definition) is 0. The fraction of sp³-hybridized carbons (Fsp3) is 0.429. The molecule has 1 fully saturated rings. The average Bonchev–Trinajstić information content (AvgIpc) is 2.52. The predicted octanol–water partition coefficient (Wildman–Crippen LogP) is 6.53. The Labute approximate surface area is 139 Å². The molecule has 0 heterocycles. The molecule has 2 aromatic rings. The Kier molecular flexibility index (Phi) is 4.88. The minimum absolute atomic E-state index is 0.711. The summed E-state index contributed by atoms with van der Waals surface area (Å²) in [5.41, 5.74) is 5.39. The third-order valence-corrected chi connectivity index (χ3v) is 5.49. The molecule has 3 rings (SSSR count). The van der Waals surface area contributed by atoms with Crippen LogP contribution in [0.2, 0.25) is 5.02 Å². The van der Waals surface area contributed by atoms with Crippen LogP contribution in [0.3, 0.4) is 0 Å². The van der Waals surface area contributed by atoms with E-state index in [4.69, 9.17) is 11.6 Å². The molecular formula is C21H25Cl. The van der Waals surface area contributed by atoms with Crippen LogP contribution in [0.25, 0.3) is 0 Å². The quantitative estimate of drug-likeness (QED) is 0.604. The van der Waals surface area contributed by atoms with E-state index in [2.05, 4.69) is 56.3 Å². The molecule has 0 radical (unpaired) electrons. The minimum Gasteiger partial charge on any atom is -0.0840 e. The molecule has 2 aromatic carbocycles. The summed E-state index contributed by atoms with van der Waals surface area (Å²) in [6, 6.07) is 15.5. The van der Waals surface area contributed by atoms with Crippen LogP contribution in [0.4, 0.5) is 0 Å². The maximum Gasteiger partial charge on any atom is 0.0441 e. The summed E-state index contributed by atoms with van der Waals surface area (Å²) in [5, 5.41) is 0.896. The molecular weight excluding hydrogens is 288 g/mol. The third kappa shape index (κ3) is 3.55. The highest BCUT2D eigenvalue weighted by molar-refractivity contribution is 6.31. The summed E-state index contributed by atoms with van der Waals surface area (Å²) in [6.07, 6.45) is 6.37. The summed E-state index contributed by atoms with van der Waals surface area (Å²) in [7, 11) is 0. The predicted molar refractivity (Wildman–Crippen MR) is 95.8 cm³/mol. The standard InChI is InChI=1S/C21H25Cl/c1-15-7-9-17(10-8-15)13-19-14-18(11-12-21(19)22)20-6-4-3-5-16(20)2/h7-12,14,16,20H,3-6,13H2,1-2H3. The Morgan fingerprint density at radius 3 is 2.45 bits per heavy atom. The Bertz CT molecular complexity index is 627. The van der Waals surface area contributed by atoms with Gasteiger partial charge < -0.3 is 0 Å². The molecule has 1 heteroatoms. The van der Waals surface area contributed by atoms with E-state index in [9.17, 15) is 0 Å². The fourth-order valence-corrected chi connectivity index (χ4v) is 3.88. The molecule has 0 aliphatic heterocycles. The Balaban J connectivity index is 1.84. The van der Waals surface area contributed by atoms with Crippen LogP contribution in [-0.2, 0) is 6.42 Å². The number of hydrogen-bond donors (Lipinski definition) is 0. The average molecular weight is 313 g/mol. The molecule has 0 spiro atoms. The highest BCUT2D eigenvalue weighted by Crippen LogP contribution is 2.38. The van der Waals surface area contributed by atoms with Crippen LogP contribution in [0, 0.1) is 12.8 Å². The lowest BCUT2D eigenvalue weighted by molar-refractivity contribution is 0.330. The van der Waals surface area contributed by atoms with Crippen molar-refractivity contribution in [3.63, 3.8) is 0 Å². The van der Waals surface area contributed by atoms with Crippen LogP contribution in [-0.4, -0.2) is 0 Å². The maximum atomic E-state index is 6.45. The lowest BCUT2D eigenvalue weighted by atomic mass is 9.76. The number of aryl methyl sites for hydroxylation is 1. The van der Waals surface area contributed by atoms with E-state index in [1.807, 2.05) is 0 Å². The topological polar surface area (TPSA) is 0 Å². The molecule has 0 saturated heterocycles. The Hall–Kier alpha value is -1.27. The van der Waals surface area contributed by atoms with Crippen molar-refractivity contribution < 1.29 is 0 Å². The molecule has 0 nitrogen and oxygen atoms in total. The van der Waals surface area contributed by atoms with Crippen LogP contribution >= 0.6 is 11.6 Å². The molecule has 0 aromatic heterocycles. The largest absolute Gasteiger partial charge is 0.0840 e. The Morgan fingerprint density at radius 2 is 1.73 bits per heavy atom. The molecule has 0 N–H and O–H groups in total. The second-order valence-corrected chi connectivity index (χ2v) is 7.29. The fourth-order valence-electron chi connectivity index (χ4n) is 3.70. The van der Waals surface area contributed by atoms with Gasteiger partial charge in [-0.05, 0) is 54.4 Å². The summed E-state index contributed by atoms with van der Waals surface area (Å²) in [5.74, 6) is 1.50. The molecule has 2 unspecified atom stereocenters. The summed E-state index contributed by atoms with van der Waals surface area (Å²) in [4.78, 5) is 0. The van der Waals surface area contributed by atoms with Crippen LogP contribution in [0.5, 0.6) is 0 Å². The molecule has 22 heavy (non-hydrogen) atoms. The van der Waals surface area contributed by atoms with Gasteiger partial charge in [-0.3, -0.25) is 0 Å². The van der Waals surface area contributed by atoms with Gasteiger partial charge in [-0.25, -0.2) is 0 Å². The normalized spacial score (nSPS) is 21.8. The molecule has 1 aliphatic carbocycles. The van der Waals surface area contributed by atoms with E-state index in [0.29, 0.717) is 5.92 Å². The summed E-state index contributed by atoms with van der Waals surface area (Å²) >= 11 is 6.45. The first-order valence-electron chi connectivity index (χ1n) is 8.47. The second-order valence-electron chi connectivity index (χ2n) is 6.88. The second kappa shape index (κ2) is 6.87. The maximum absolute atomic E-state index is 6.45. The van der Waals surface area contributed by atoms with Gasteiger partial charge in [0.1, 0.15) is 0 Å².